The van der Waals surface area contributed by atoms with Crippen LogP contribution < -0.4 is 4.74 Å². The van der Waals surface area contributed by atoms with Crippen LogP contribution in [-0.2, 0) is 4.74 Å². The number of hydrogen-bond donors (Lipinski definition) is 0. The molecule has 1 aromatic rings. The smallest absolute Gasteiger partial charge is 0.345 e. The van der Waals surface area contributed by atoms with Crippen molar-refractivity contribution in [1.29, 1.82) is 0 Å². The zero-order valence-corrected chi connectivity index (χ0v) is 10.1. The van der Waals surface area contributed by atoms with Gasteiger partial charge >= 0.3 is 5.97 Å². The van der Waals surface area contributed by atoms with Gasteiger partial charge in [-0.2, -0.15) is 0 Å². The molecule has 0 aromatic carbocycles. The molecule has 0 atom stereocenters. The van der Waals surface area contributed by atoms with Crippen molar-refractivity contribution in [2.75, 3.05) is 14.2 Å². The van der Waals surface area contributed by atoms with Gasteiger partial charge in [-0.15, -0.1) is 0 Å². The highest BCUT2D eigenvalue weighted by Crippen LogP contribution is 2.33. The normalized spacial score (nSPS) is 15.3. The van der Waals surface area contributed by atoms with Crippen molar-refractivity contribution in [2.24, 2.45) is 0 Å². The van der Waals surface area contributed by atoms with Gasteiger partial charge < -0.3 is 13.9 Å². The summed E-state index contributed by atoms with van der Waals surface area (Å²) >= 11 is 0. The highest BCUT2D eigenvalue weighted by atomic mass is 16.6. The van der Waals surface area contributed by atoms with Crippen molar-refractivity contribution >= 4 is 11.5 Å². The summed E-state index contributed by atoms with van der Waals surface area (Å²) in [6.07, 6.45) is 6.57. The fourth-order valence-electron chi connectivity index (χ4n) is 2.00. The number of carbonyl (C=O) groups is 1. The minimum Gasteiger partial charge on any atom is -0.468 e. The van der Waals surface area contributed by atoms with Gasteiger partial charge in [0.15, 0.2) is 0 Å². The monoisotopic (exact) mass is 236 g/mol. The van der Waals surface area contributed by atoms with Gasteiger partial charge in [-0.25, -0.2) is 4.79 Å². The summed E-state index contributed by atoms with van der Waals surface area (Å²) in [5.74, 6) is 0.494. The van der Waals surface area contributed by atoms with Gasteiger partial charge in [0, 0.05) is 6.07 Å². The molecule has 2 rings (SSSR count). The number of esters is 1. The van der Waals surface area contributed by atoms with E-state index in [1.807, 2.05) is 0 Å². The third-order valence-electron chi connectivity index (χ3n) is 2.90. The largest absolute Gasteiger partial charge is 0.468 e. The molecule has 0 aliphatic heterocycles. The first kappa shape index (κ1) is 11.8. The second-order valence-corrected chi connectivity index (χ2v) is 3.98. The molecule has 0 spiro atoms. The molecule has 0 unspecified atom stereocenters. The van der Waals surface area contributed by atoms with Gasteiger partial charge in [0.25, 0.3) is 5.95 Å². The minimum absolute atomic E-state index is 0.221. The van der Waals surface area contributed by atoms with E-state index >= 15 is 0 Å². The van der Waals surface area contributed by atoms with Crippen LogP contribution in [0, 0.1) is 0 Å². The lowest BCUT2D eigenvalue weighted by atomic mass is 9.98. The molecule has 0 fully saturated rings. The lowest BCUT2D eigenvalue weighted by Crippen LogP contribution is -2.01. The Hall–Kier alpha value is -1.71. The molecule has 0 saturated heterocycles. The molecule has 1 aliphatic rings. The van der Waals surface area contributed by atoms with Crippen LogP contribution in [-0.4, -0.2) is 20.2 Å². The molecule has 0 N–H and O–H groups in total. The van der Waals surface area contributed by atoms with Crippen LogP contribution in [0.5, 0.6) is 5.95 Å². The van der Waals surface area contributed by atoms with E-state index in [0.717, 1.165) is 24.8 Å². The molecule has 0 saturated carbocycles. The summed E-state index contributed by atoms with van der Waals surface area (Å²) < 4.78 is 15.3. The Kier molecular flexibility index (Phi) is 3.52. The highest BCUT2D eigenvalue weighted by Gasteiger charge is 2.21. The standard InChI is InChI=1S/C13H16O4/c1-15-12(14)10-8-11(17-13(10)16-2)9-6-4-3-5-7-9/h6,8H,3-5,7H2,1-2H3. The molecule has 0 radical (unpaired) electrons. The Morgan fingerprint density at radius 2 is 2.18 bits per heavy atom. The van der Waals surface area contributed by atoms with E-state index in [-0.39, 0.29) is 5.95 Å². The second kappa shape index (κ2) is 5.08. The molecule has 0 bridgehead atoms. The van der Waals surface area contributed by atoms with Crippen molar-refractivity contribution in [1.82, 2.24) is 0 Å². The molecule has 1 heterocycles. The van der Waals surface area contributed by atoms with E-state index in [4.69, 9.17) is 9.15 Å². The molecule has 4 nitrogen and oxygen atoms in total. The molecule has 4 heteroatoms. The minimum atomic E-state index is -0.437. The van der Waals surface area contributed by atoms with Crippen LogP contribution in [0.2, 0.25) is 0 Å². The van der Waals surface area contributed by atoms with Crippen molar-refractivity contribution in [3.63, 3.8) is 0 Å². The molecule has 17 heavy (non-hydrogen) atoms. The average Bonchev–Trinajstić information content (AvgIpc) is 2.83. The third-order valence-corrected chi connectivity index (χ3v) is 2.90. The van der Waals surface area contributed by atoms with Gasteiger partial charge in [0.2, 0.25) is 0 Å². The second-order valence-electron chi connectivity index (χ2n) is 3.98. The number of carbonyl (C=O) groups excluding carboxylic acids is 1. The van der Waals surface area contributed by atoms with Crippen molar-refractivity contribution in [3.05, 3.63) is 23.5 Å². The van der Waals surface area contributed by atoms with Gasteiger partial charge in [0.05, 0.1) is 14.2 Å². The van der Waals surface area contributed by atoms with Crippen molar-refractivity contribution in [2.45, 2.75) is 25.7 Å². The summed E-state index contributed by atoms with van der Waals surface area (Å²) in [6, 6.07) is 1.70. The SMILES string of the molecule is COC(=O)c1cc(C2=CCCCC2)oc1OC. The zero-order chi connectivity index (χ0) is 12.3. The van der Waals surface area contributed by atoms with Crippen LogP contribution >= 0.6 is 0 Å². The number of rotatable bonds is 3. The fraction of sp³-hybridized carbons (Fsp3) is 0.462. The van der Waals surface area contributed by atoms with Gasteiger partial charge in [-0.05, 0) is 31.3 Å². The highest BCUT2D eigenvalue weighted by molar-refractivity contribution is 5.92. The molecular formula is C13H16O4. The van der Waals surface area contributed by atoms with Crippen LogP contribution in [0.25, 0.3) is 5.57 Å². The number of allylic oxidation sites excluding steroid dienone is 2. The van der Waals surface area contributed by atoms with Crippen LogP contribution in [0.15, 0.2) is 16.6 Å². The number of ether oxygens (including phenoxy) is 2. The number of methoxy groups -OCH3 is 2. The van der Waals surface area contributed by atoms with Crippen LogP contribution in [0.1, 0.15) is 41.8 Å². The van der Waals surface area contributed by atoms with Gasteiger partial charge in [0.1, 0.15) is 11.3 Å². The maximum atomic E-state index is 11.5. The quantitative estimate of drug-likeness (QED) is 0.757. The summed E-state index contributed by atoms with van der Waals surface area (Å²) in [5.41, 5.74) is 1.49. The molecule has 1 aliphatic carbocycles. The predicted molar refractivity (Wildman–Crippen MR) is 63.0 cm³/mol. The molecule has 0 amide bonds. The summed E-state index contributed by atoms with van der Waals surface area (Å²) in [5, 5.41) is 0. The summed E-state index contributed by atoms with van der Waals surface area (Å²) in [6.45, 7) is 0. The van der Waals surface area contributed by atoms with E-state index in [1.165, 1.54) is 20.6 Å². The van der Waals surface area contributed by atoms with Crippen LogP contribution in [0.4, 0.5) is 0 Å². The third kappa shape index (κ3) is 2.35. The Balaban J connectivity index is 2.33. The molecule has 1 aromatic heterocycles. The van der Waals surface area contributed by atoms with Crippen molar-refractivity contribution in [3.8, 4) is 5.95 Å². The Bertz CT molecular complexity index is 442. The first-order valence-electron chi connectivity index (χ1n) is 5.71. The predicted octanol–water partition coefficient (Wildman–Crippen LogP) is 3.03. The number of furan rings is 1. The van der Waals surface area contributed by atoms with E-state index in [1.54, 1.807) is 6.07 Å². The first-order chi connectivity index (χ1) is 8.26. The Morgan fingerprint density at radius 1 is 1.35 bits per heavy atom. The summed E-state index contributed by atoms with van der Waals surface area (Å²) in [7, 11) is 2.82. The Morgan fingerprint density at radius 3 is 2.76 bits per heavy atom. The van der Waals surface area contributed by atoms with Crippen molar-refractivity contribution < 1.29 is 18.7 Å². The lowest BCUT2D eigenvalue weighted by Gasteiger charge is -2.09. The molecular weight excluding hydrogens is 220 g/mol. The Labute approximate surface area is 100 Å². The van der Waals surface area contributed by atoms with E-state index in [0.29, 0.717) is 11.3 Å². The maximum absolute atomic E-state index is 11.5. The van der Waals surface area contributed by atoms with E-state index in [9.17, 15) is 4.79 Å². The van der Waals surface area contributed by atoms with E-state index < -0.39 is 5.97 Å². The first-order valence-corrected chi connectivity index (χ1v) is 5.71. The van der Waals surface area contributed by atoms with Gasteiger partial charge in [-0.1, -0.05) is 6.08 Å². The zero-order valence-electron chi connectivity index (χ0n) is 10.1. The van der Waals surface area contributed by atoms with Gasteiger partial charge in [-0.3, -0.25) is 0 Å². The molecule has 92 valence electrons. The number of hydrogen-bond acceptors (Lipinski definition) is 4. The maximum Gasteiger partial charge on any atom is 0.345 e. The van der Waals surface area contributed by atoms with Crippen LogP contribution in [0.3, 0.4) is 0 Å². The topological polar surface area (TPSA) is 48.7 Å². The fourth-order valence-corrected chi connectivity index (χ4v) is 2.00. The summed E-state index contributed by atoms with van der Waals surface area (Å²) in [4.78, 5) is 11.5. The lowest BCUT2D eigenvalue weighted by molar-refractivity contribution is 0.0594. The van der Waals surface area contributed by atoms with E-state index in [2.05, 4.69) is 10.8 Å². The average molecular weight is 236 g/mol.